The fourth-order valence-electron chi connectivity index (χ4n) is 2.63. The Hall–Kier alpha value is -2.55. The smallest absolute Gasteiger partial charge is 0.145 e. The van der Waals surface area contributed by atoms with Crippen molar-refractivity contribution in [3.05, 3.63) is 59.3 Å². The number of ether oxygens (including phenoxy) is 1. The van der Waals surface area contributed by atoms with Crippen molar-refractivity contribution in [3.8, 4) is 5.75 Å². The Morgan fingerprint density at radius 2 is 1.77 bits per heavy atom. The first kappa shape index (κ1) is 14.4. The zero-order valence-corrected chi connectivity index (χ0v) is 13.4. The second kappa shape index (κ2) is 5.68. The van der Waals surface area contributed by atoms with Crippen LogP contribution < -0.4 is 10.1 Å². The molecule has 0 aliphatic carbocycles. The fraction of sp³-hybridized carbons (Fsp3) is 0.211. The molecule has 0 spiro atoms. The maximum absolute atomic E-state index is 5.44. The van der Waals surface area contributed by atoms with E-state index in [1.54, 1.807) is 7.11 Å². The lowest BCUT2D eigenvalue weighted by molar-refractivity contribution is 0.419. The summed E-state index contributed by atoms with van der Waals surface area (Å²) in [5, 5.41) is 4.61. The highest BCUT2D eigenvalue weighted by Crippen LogP contribution is 2.32. The van der Waals surface area contributed by atoms with Crippen LogP contribution in [-0.4, -0.2) is 12.1 Å². The SMILES string of the molecule is COc1cccc2c(Nc3cc(C)ccc3C)cc(C)nc12. The molecule has 0 aliphatic heterocycles. The van der Waals surface area contributed by atoms with Gasteiger partial charge in [-0.05, 0) is 50.1 Å². The average molecular weight is 292 g/mol. The van der Waals surface area contributed by atoms with Crippen molar-refractivity contribution in [2.24, 2.45) is 0 Å². The van der Waals surface area contributed by atoms with Crippen LogP contribution in [-0.2, 0) is 0 Å². The first-order valence-electron chi connectivity index (χ1n) is 7.37. The highest BCUT2D eigenvalue weighted by atomic mass is 16.5. The number of hydrogen-bond donors (Lipinski definition) is 1. The zero-order valence-electron chi connectivity index (χ0n) is 13.4. The van der Waals surface area contributed by atoms with Gasteiger partial charge in [0.2, 0.25) is 0 Å². The Labute approximate surface area is 131 Å². The van der Waals surface area contributed by atoms with Crippen LogP contribution in [0.2, 0.25) is 0 Å². The minimum Gasteiger partial charge on any atom is -0.494 e. The van der Waals surface area contributed by atoms with Crippen LogP contribution in [0.3, 0.4) is 0 Å². The number of hydrogen-bond acceptors (Lipinski definition) is 3. The number of nitrogens with one attached hydrogen (secondary N) is 1. The summed E-state index contributed by atoms with van der Waals surface area (Å²) in [5.41, 5.74) is 6.48. The van der Waals surface area contributed by atoms with E-state index in [2.05, 4.69) is 54.5 Å². The van der Waals surface area contributed by atoms with Gasteiger partial charge in [0.1, 0.15) is 11.3 Å². The molecule has 0 fully saturated rings. The van der Waals surface area contributed by atoms with E-state index >= 15 is 0 Å². The van der Waals surface area contributed by atoms with E-state index in [1.165, 1.54) is 11.1 Å². The largest absolute Gasteiger partial charge is 0.494 e. The zero-order chi connectivity index (χ0) is 15.7. The number of para-hydroxylation sites is 1. The van der Waals surface area contributed by atoms with E-state index in [0.717, 1.165) is 33.7 Å². The van der Waals surface area contributed by atoms with Crippen molar-refractivity contribution in [2.45, 2.75) is 20.8 Å². The van der Waals surface area contributed by atoms with E-state index in [9.17, 15) is 0 Å². The van der Waals surface area contributed by atoms with E-state index in [-0.39, 0.29) is 0 Å². The standard InChI is InChI=1S/C19H20N2O/c1-12-8-9-13(2)16(10-12)21-17-11-14(3)20-19-15(17)6-5-7-18(19)22-4/h5-11H,1-4H3,(H,20,21). The molecule has 0 aliphatic rings. The molecule has 0 amide bonds. The number of rotatable bonds is 3. The number of fused-ring (bicyclic) bond motifs is 1. The molecule has 1 aromatic heterocycles. The van der Waals surface area contributed by atoms with Gasteiger partial charge in [0.25, 0.3) is 0 Å². The van der Waals surface area contributed by atoms with Gasteiger partial charge in [-0.2, -0.15) is 0 Å². The summed E-state index contributed by atoms with van der Waals surface area (Å²) in [4.78, 5) is 4.62. The Balaban J connectivity index is 2.16. The second-order valence-corrected chi connectivity index (χ2v) is 5.61. The number of pyridine rings is 1. The molecular formula is C19H20N2O. The topological polar surface area (TPSA) is 34.1 Å². The molecule has 2 aromatic carbocycles. The van der Waals surface area contributed by atoms with Crippen LogP contribution in [0.1, 0.15) is 16.8 Å². The highest BCUT2D eigenvalue weighted by Gasteiger charge is 2.09. The van der Waals surface area contributed by atoms with Crippen LogP contribution >= 0.6 is 0 Å². The molecule has 112 valence electrons. The van der Waals surface area contributed by atoms with Gasteiger partial charge in [-0.3, -0.25) is 0 Å². The molecule has 0 saturated carbocycles. The van der Waals surface area contributed by atoms with E-state index in [4.69, 9.17) is 4.74 Å². The molecular weight excluding hydrogens is 272 g/mol. The van der Waals surface area contributed by atoms with Gasteiger partial charge in [0.05, 0.1) is 7.11 Å². The van der Waals surface area contributed by atoms with Gasteiger partial charge < -0.3 is 10.1 Å². The molecule has 3 aromatic rings. The molecule has 0 bridgehead atoms. The normalized spacial score (nSPS) is 10.7. The number of methoxy groups -OCH3 is 1. The molecule has 1 heterocycles. The molecule has 3 nitrogen and oxygen atoms in total. The number of nitrogens with zero attached hydrogens (tertiary/aromatic N) is 1. The van der Waals surface area contributed by atoms with Crippen molar-refractivity contribution in [1.29, 1.82) is 0 Å². The first-order valence-corrected chi connectivity index (χ1v) is 7.37. The van der Waals surface area contributed by atoms with Gasteiger partial charge in [0.15, 0.2) is 0 Å². The summed E-state index contributed by atoms with van der Waals surface area (Å²) in [7, 11) is 1.68. The monoisotopic (exact) mass is 292 g/mol. The van der Waals surface area contributed by atoms with Crippen molar-refractivity contribution < 1.29 is 4.74 Å². The highest BCUT2D eigenvalue weighted by molar-refractivity contribution is 5.96. The third-order valence-corrected chi connectivity index (χ3v) is 3.81. The average Bonchev–Trinajstić information content (AvgIpc) is 2.50. The van der Waals surface area contributed by atoms with Crippen molar-refractivity contribution >= 4 is 22.3 Å². The maximum atomic E-state index is 5.44. The van der Waals surface area contributed by atoms with Crippen molar-refractivity contribution in [3.63, 3.8) is 0 Å². The van der Waals surface area contributed by atoms with Gasteiger partial charge >= 0.3 is 0 Å². The van der Waals surface area contributed by atoms with E-state index in [0.29, 0.717) is 0 Å². The third kappa shape index (κ3) is 2.62. The van der Waals surface area contributed by atoms with Gasteiger partial charge in [-0.25, -0.2) is 4.98 Å². The Morgan fingerprint density at radius 1 is 0.955 bits per heavy atom. The summed E-state index contributed by atoms with van der Waals surface area (Å²) in [6.45, 7) is 6.21. The molecule has 3 rings (SSSR count). The number of anilines is 2. The van der Waals surface area contributed by atoms with Crippen molar-refractivity contribution in [1.82, 2.24) is 4.98 Å². The summed E-state index contributed by atoms with van der Waals surface area (Å²) in [5.74, 6) is 0.796. The first-order chi connectivity index (χ1) is 10.6. The molecule has 0 radical (unpaired) electrons. The van der Waals surface area contributed by atoms with Gasteiger partial charge in [-0.15, -0.1) is 0 Å². The molecule has 0 saturated heterocycles. The van der Waals surface area contributed by atoms with E-state index < -0.39 is 0 Å². The minimum absolute atomic E-state index is 0.796. The lowest BCUT2D eigenvalue weighted by atomic mass is 10.1. The summed E-state index contributed by atoms with van der Waals surface area (Å²) in [6, 6.07) is 14.5. The van der Waals surface area contributed by atoms with Crippen LogP contribution in [0, 0.1) is 20.8 Å². The van der Waals surface area contributed by atoms with Gasteiger partial charge in [-0.1, -0.05) is 24.3 Å². The Morgan fingerprint density at radius 3 is 2.55 bits per heavy atom. The summed E-state index contributed by atoms with van der Waals surface area (Å²) >= 11 is 0. The molecule has 22 heavy (non-hydrogen) atoms. The third-order valence-electron chi connectivity index (χ3n) is 3.81. The molecule has 3 heteroatoms. The van der Waals surface area contributed by atoms with Crippen LogP contribution in [0.4, 0.5) is 11.4 Å². The predicted octanol–water partition coefficient (Wildman–Crippen LogP) is 4.91. The van der Waals surface area contributed by atoms with E-state index in [1.807, 2.05) is 19.1 Å². The molecule has 1 N–H and O–H groups in total. The quantitative estimate of drug-likeness (QED) is 0.744. The Kier molecular flexibility index (Phi) is 3.72. The maximum Gasteiger partial charge on any atom is 0.145 e. The molecule has 0 unspecified atom stereocenters. The van der Waals surface area contributed by atoms with Crippen molar-refractivity contribution in [2.75, 3.05) is 12.4 Å². The minimum atomic E-state index is 0.796. The second-order valence-electron chi connectivity index (χ2n) is 5.61. The van der Waals surface area contributed by atoms with Gasteiger partial charge in [0, 0.05) is 22.5 Å². The van der Waals surface area contributed by atoms with Crippen LogP contribution in [0.25, 0.3) is 10.9 Å². The molecule has 0 atom stereocenters. The van der Waals surface area contributed by atoms with Crippen LogP contribution in [0.5, 0.6) is 5.75 Å². The number of aryl methyl sites for hydroxylation is 3. The van der Waals surface area contributed by atoms with Crippen LogP contribution in [0.15, 0.2) is 42.5 Å². The summed E-state index contributed by atoms with van der Waals surface area (Å²) < 4.78 is 5.44. The lowest BCUT2D eigenvalue weighted by Gasteiger charge is -2.14. The number of benzene rings is 2. The predicted molar refractivity (Wildman–Crippen MR) is 92.2 cm³/mol. The lowest BCUT2D eigenvalue weighted by Crippen LogP contribution is -1.98. The number of aromatic nitrogens is 1. The Bertz CT molecular complexity index is 840. The fourth-order valence-corrected chi connectivity index (χ4v) is 2.63. The summed E-state index contributed by atoms with van der Waals surface area (Å²) in [6.07, 6.45) is 0.